The summed E-state index contributed by atoms with van der Waals surface area (Å²) in [5.74, 6) is 0. The van der Waals surface area contributed by atoms with Crippen LogP contribution in [0.5, 0.6) is 0 Å². The smallest absolute Gasteiger partial charge is 0.0639 e. The number of para-hydroxylation sites is 1. The van der Waals surface area contributed by atoms with Gasteiger partial charge in [0, 0.05) is 26.2 Å². The van der Waals surface area contributed by atoms with Crippen molar-refractivity contribution in [3.8, 4) is 0 Å². The Labute approximate surface area is 134 Å². The van der Waals surface area contributed by atoms with Crippen LogP contribution < -0.4 is 10.6 Å². The quantitative estimate of drug-likeness (QED) is 0.875. The Kier molecular flexibility index (Phi) is 5.91. The van der Waals surface area contributed by atoms with Gasteiger partial charge in [-0.05, 0) is 43.5 Å². The van der Waals surface area contributed by atoms with Crippen LogP contribution in [0.25, 0.3) is 0 Å². The van der Waals surface area contributed by atoms with E-state index in [1.54, 1.807) is 0 Å². The molecule has 21 heavy (non-hydrogen) atoms. The molecular formula is C17H28ClN3. The zero-order chi connectivity index (χ0) is 15.3. The van der Waals surface area contributed by atoms with Crippen LogP contribution in [-0.4, -0.2) is 44.2 Å². The Hall–Kier alpha value is -0.770. The van der Waals surface area contributed by atoms with Gasteiger partial charge >= 0.3 is 0 Å². The van der Waals surface area contributed by atoms with E-state index >= 15 is 0 Å². The predicted octanol–water partition coefficient (Wildman–Crippen LogP) is 3.23. The topological polar surface area (TPSA) is 32.5 Å². The van der Waals surface area contributed by atoms with Crippen LogP contribution in [0.15, 0.2) is 24.3 Å². The molecule has 4 heteroatoms. The minimum absolute atomic E-state index is 0.277. The third-order valence-corrected chi connectivity index (χ3v) is 4.77. The molecule has 0 amide bonds. The van der Waals surface area contributed by atoms with Crippen molar-refractivity contribution in [2.45, 2.75) is 26.7 Å². The number of anilines is 1. The van der Waals surface area contributed by atoms with Crippen molar-refractivity contribution in [3.63, 3.8) is 0 Å². The second kappa shape index (κ2) is 7.48. The molecule has 1 fully saturated rings. The molecule has 0 bridgehead atoms. The number of rotatable bonds is 6. The van der Waals surface area contributed by atoms with Gasteiger partial charge in [0.05, 0.1) is 10.7 Å². The summed E-state index contributed by atoms with van der Waals surface area (Å²) in [5.41, 5.74) is 7.24. The number of nitrogens with two attached hydrogens (primary N) is 1. The Bertz CT molecular complexity index is 439. The summed E-state index contributed by atoms with van der Waals surface area (Å²) in [6, 6.07) is 8.13. The number of halogens is 1. The van der Waals surface area contributed by atoms with Crippen molar-refractivity contribution in [2.24, 2.45) is 11.1 Å². The first-order chi connectivity index (χ1) is 10.0. The normalized spacial score (nSPS) is 17.2. The third kappa shape index (κ3) is 4.87. The van der Waals surface area contributed by atoms with E-state index < -0.39 is 0 Å². The molecule has 0 saturated carbocycles. The molecular weight excluding hydrogens is 282 g/mol. The monoisotopic (exact) mass is 309 g/mol. The van der Waals surface area contributed by atoms with Crippen molar-refractivity contribution in [1.29, 1.82) is 0 Å². The largest absolute Gasteiger partial charge is 0.368 e. The number of piperazine rings is 1. The molecule has 2 N–H and O–H groups in total. The van der Waals surface area contributed by atoms with Gasteiger partial charge in [0.15, 0.2) is 0 Å². The molecule has 1 aromatic carbocycles. The summed E-state index contributed by atoms with van der Waals surface area (Å²) in [5, 5.41) is 0.857. The fraction of sp³-hybridized carbons (Fsp3) is 0.647. The molecule has 3 nitrogen and oxygen atoms in total. The van der Waals surface area contributed by atoms with Crippen LogP contribution in [0.1, 0.15) is 26.7 Å². The highest BCUT2D eigenvalue weighted by Crippen LogP contribution is 2.26. The number of nitrogens with zero attached hydrogens (tertiary/aromatic N) is 2. The highest BCUT2D eigenvalue weighted by atomic mass is 35.5. The fourth-order valence-corrected chi connectivity index (χ4v) is 3.06. The molecule has 1 heterocycles. The van der Waals surface area contributed by atoms with Crippen LogP contribution in [0.4, 0.5) is 5.69 Å². The maximum absolute atomic E-state index is 6.28. The average Bonchev–Trinajstić information content (AvgIpc) is 2.48. The molecule has 0 aliphatic carbocycles. The summed E-state index contributed by atoms with van der Waals surface area (Å²) in [7, 11) is 0. The molecule has 0 radical (unpaired) electrons. The lowest BCUT2D eigenvalue weighted by atomic mass is 9.88. The summed E-state index contributed by atoms with van der Waals surface area (Å²) in [4.78, 5) is 4.95. The Morgan fingerprint density at radius 2 is 1.81 bits per heavy atom. The standard InChI is InChI=1S/C17H28ClN3/c1-17(2,14-19)8-5-9-20-10-12-21(13-11-20)16-7-4-3-6-15(16)18/h3-4,6-7H,5,8-14,19H2,1-2H3. The van der Waals surface area contributed by atoms with Gasteiger partial charge < -0.3 is 10.6 Å². The second-order valence-corrected chi connectivity index (χ2v) is 7.16. The third-order valence-electron chi connectivity index (χ3n) is 4.45. The van der Waals surface area contributed by atoms with Gasteiger partial charge in [-0.2, -0.15) is 0 Å². The van der Waals surface area contributed by atoms with Gasteiger partial charge in [-0.25, -0.2) is 0 Å². The lowest BCUT2D eigenvalue weighted by molar-refractivity contribution is 0.232. The first-order valence-corrected chi connectivity index (χ1v) is 8.31. The second-order valence-electron chi connectivity index (χ2n) is 6.75. The van der Waals surface area contributed by atoms with E-state index in [0.29, 0.717) is 0 Å². The minimum Gasteiger partial charge on any atom is -0.368 e. The first kappa shape index (κ1) is 16.6. The SMILES string of the molecule is CC(C)(CN)CCCN1CCN(c2ccccc2Cl)CC1. The van der Waals surface area contributed by atoms with Gasteiger partial charge in [-0.15, -0.1) is 0 Å². The maximum Gasteiger partial charge on any atom is 0.0639 e. The minimum atomic E-state index is 0.277. The fourth-order valence-electron chi connectivity index (χ4n) is 2.80. The molecule has 118 valence electrons. The van der Waals surface area contributed by atoms with E-state index in [1.165, 1.54) is 25.1 Å². The van der Waals surface area contributed by atoms with Gasteiger partial charge in [0.2, 0.25) is 0 Å². The molecule has 1 saturated heterocycles. The van der Waals surface area contributed by atoms with E-state index in [2.05, 4.69) is 35.8 Å². The molecule has 2 rings (SSSR count). The Balaban J connectivity index is 1.75. The maximum atomic E-state index is 6.28. The van der Waals surface area contributed by atoms with Gasteiger partial charge in [-0.3, -0.25) is 4.90 Å². The molecule has 0 spiro atoms. The molecule has 0 atom stereocenters. The Morgan fingerprint density at radius 1 is 1.14 bits per heavy atom. The Morgan fingerprint density at radius 3 is 2.43 bits per heavy atom. The number of hydrogen-bond acceptors (Lipinski definition) is 3. The van der Waals surface area contributed by atoms with Crippen molar-refractivity contribution in [3.05, 3.63) is 29.3 Å². The average molecular weight is 310 g/mol. The van der Waals surface area contributed by atoms with Gasteiger partial charge in [-0.1, -0.05) is 37.6 Å². The zero-order valence-corrected chi connectivity index (χ0v) is 14.1. The van der Waals surface area contributed by atoms with Gasteiger partial charge in [0.1, 0.15) is 0 Å². The number of benzene rings is 1. The highest BCUT2D eigenvalue weighted by Gasteiger charge is 2.20. The summed E-state index contributed by atoms with van der Waals surface area (Å²) >= 11 is 6.28. The van der Waals surface area contributed by atoms with Crippen molar-refractivity contribution in [2.75, 3.05) is 44.2 Å². The molecule has 0 aromatic heterocycles. The van der Waals surface area contributed by atoms with E-state index in [4.69, 9.17) is 17.3 Å². The van der Waals surface area contributed by atoms with Crippen LogP contribution in [0, 0.1) is 5.41 Å². The van der Waals surface area contributed by atoms with Crippen LogP contribution >= 0.6 is 11.6 Å². The van der Waals surface area contributed by atoms with Crippen LogP contribution in [0.2, 0.25) is 5.02 Å². The van der Waals surface area contributed by atoms with Gasteiger partial charge in [0.25, 0.3) is 0 Å². The number of hydrogen-bond donors (Lipinski definition) is 1. The van der Waals surface area contributed by atoms with E-state index in [-0.39, 0.29) is 5.41 Å². The van der Waals surface area contributed by atoms with E-state index in [9.17, 15) is 0 Å². The van der Waals surface area contributed by atoms with Crippen LogP contribution in [-0.2, 0) is 0 Å². The van der Waals surface area contributed by atoms with E-state index in [0.717, 1.165) is 37.7 Å². The lowest BCUT2D eigenvalue weighted by Crippen LogP contribution is -2.46. The lowest BCUT2D eigenvalue weighted by Gasteiger charge is -2.37. The highest BCUT2D eigenvalue weighted by molar-refractivity contribution is 6.33. The molecule has 1 aliphatic rings. The van der Waals surface area contributed by atoms with E-state index in [1.807, 2.05) is 12.1 Å². The zero-order valence-electron chi connectivity index (χ0n) is 13.3. The summed E-state index contributed by atoms with van der Waals surface area (Å²) in [6.07, 6.45) is 2.44. The van der Waals surface area contributed by atoms with Crippen molar-refractivity contribution < 1.29 is 0 Å². The molecule has 0 unspecified atom stereocenters. The first-order valence-electron chi connectivity index (χ1n) is 7.94. The van der Waals surface area contributed by atoms with Crippen molar-refractivity contribution in [1.82, 2.24) is 4.90 Å². The van der Waals surface area contributed by atoms with Crippen molar-refractivity contribution >= 4 is 17.3 Å². The summed E-state index contributed by atoms with van der Waals surface area (Å²) in [6.45, 7) is 10.8. The predicted molar refractivity (Wildman–Crippen MR) is 92.2 cm³/mol. The van der Waals surface area contributed by atoms with Crippen LogP contribution in [0.3, 0.4) is 0 Å². The molecule has 1 aliphatic heterocycles. The summed E-state index contributed by atoms with van der Waals surface area (Å²) < 4.78 is 0. The molecule has 1 aromatic rings.